The van der Waals surface area contributed by atoms with Gasteiger partial charge in [0.25, 0.3) is 5.56 Å². The van der Waals surface area contributed by atoms with E-state index in [4.69, 9.17) is 9.72 Å². The highest BCUT2D eigenvalue weighted by Gasteiger charge is 2.42. The third-order valence-electron chi connectivity index (χ3n) is 10.7. The summed E-state index contributed by atoms with van der Waals surface area (Å²) in [6.45, 7) is 10.7. The van der Waals surface area contributed by atoms with Crippen LogP contribution in [-0.2, 0) is 9.53 Å². The fourth-order valence-corrected chi connectivity index (χ4v) is 8.79. The fourth-order valence-electron chi connectivity index (χ4n) is 8.79. The van der Waals surface area contributed by atoms with Gasteiger partial charge in [-0.1, -0.05) is 44.2 Å². The molecule has 3 saturated heterocycles. The molecule has 2 aromatic rings. The molecular formula is C34H51N5O3. The zero-order valence-corrected chi connectivity index (χ0v) is 26.0. The van der Waals surface area contributed by atoms with E-state index < -0.39 is 0 Å². The summed E-state index contributed by atoms with van der Waals surface area (Å²) in [6, 6.07) is 10.1. The molecule has 8 heteroatoms. The highest BCUT2D eigenvalue weighted by Crippen LogP contribution is 2.37. The van der Waals surface area contributed by atoms with Gasteiger partial charge in [-0.2, -0.15) is 0 Å². The SMILES string of the molecule is CCOC(=O)CN1CC2CN(c3nc4ccccc4n([C@@H](C)C[C@@H]4CCC(C)N4C4CCCCCCC4)c3=O)CC2C1. The van der Waals surface area contributed by atoms with Crippen LogP contribution in [0.3, 0.4) is 0 Å². The van der Waals surface area contributed by atoms with Crippen molar-refractivity contribution < 1.29 is 9.53 Å². The number of carbonyl (C=O) groups excluding carboxylic acids is 1. The van der Waals surface area contributed by atoms with Crippen LogP contribution in [0.4, 0.5) is 5.82 Å². The van der Waals surface area contributed by atoms with Gasteiger partial charge >= 0.3 is 5.97 Å². The van der Waals surface area contributed by atoms with E-state index >= 15 is 0 Å². The first-order valence-electron chi connectivity index (χ1n) is 16.8. The molecule has 42 heavy (non-hydrogen) atoms. The molecular weight excluding hydrogens is 526 g/mol. The second kappa shape index (κ2) is 13.0. The average molecular weight is 578 g/mol. The molecule has 4 aliphatic rings. The maximum atomic E-state index is 14.3. The van der Waals surface area contributed by atoms with Crippen LogP contribution in [0, 0.1) is 11.8 Å². The number of carbonyl (C=O) groups is 1. The Morgan fingerprint density at radius 2 is 1.67 bits per heavy atom. The average Bonchev–Trinajstić information content (AvgIpc) is 3.62. The number of anilines is 1. The first-order chi connectivity index (χ1) is 20.4. The number of aromatic nitrogens is 2. The van der Waals surface area contributed by atoms with Gasteiger partial charge in [-0.05, 0) is 76.8 Å². The Labute approximate surface area is 251 Å². The van der Waals surface area contributed by atoms with Crippen molar-refractivity contribution in [2.75, 3.05) is 44.2 Å². The summed E-state index contributed by atoms with van der Waals surface area (Å²) in [5.74, 6) is 1.33. The van der Waals surface area contributed by atoms with Crippen LogP contribution in [0.25, 0.3) is 11.0 Å². The van der Waals surface area contributed by atoms with Crippen LogP contribution >= 0.6 is 0 Å². The van der Waals surface area contributed by atoms with E-state index in [0.29, 0.717) is 48.9 Å². The van der Waals surface area contributed by atoms with Gasteiger partial charge < -0.3 is 14.2 Å². The zero-order valence-electron chi connectivity index (χ0n) is 26.0. The van der Waals surface area contributed by atoms with Gasteiger partial charge in [-0.25, -0.2) is 4.98 Å². The van der Waals surface area contributed by atoms with E-state index in [1.807, 2.05) is 19.1 Å². The van der Waals surface area contributed by atoms with Crippen molar-refractivity contribution in [2.24, 2.45) is 11.8 Å². The number of rotatable bonds is 8. The minimum atomic E-state index is -0.146. The topological polar surface area (TPSA) is 70.9 Å². The van der Waals surface area contributed by atoms with Gasteiger partial charge in [0, 0.05) is 50.3 Å². The second-order valence-corrected chi connectivity index (χ2v) is 13.6. The number of para-hydroxylation sites is 2. The molecule has 1 aromatic heterocycles. The Kier molecular flexibility index (Phi) is 9.20. The Hall–Kier alpha value is -2.45. The van der Waals surface area contributed by atoms with Crippen LogP contribution in [0.1, 0.15) is 91.0 Å². The van der Waals surface area contributed by atoms with Crippen LogP contribution in [-0.4, -0.2) is 82.8 Å². The van der Waals surface area contributed by atoms with Crippen LogP contribution in [0.2, 0.25) is 0 Å². The van der Waals surface area contributed by atoms with Crippen molar-refractivity contribution in [2.45, 2.75) is 109 Å². The highest BCUT2D eigenvalue weighted by molar-refractivity contribution is 5.76. The zero-order chi connectivity index (χ0) is 29.2. The quantitative estimate of drug-likeness (QED) is 0.397. The summed E-state index contributed by atoms with van der Waals surface area (Å²) in [5.41, 5.74) is 1.90. The maximum Gasteiger partial charge on any atom is 0.320 e. The first-order valence-corrected chi connectivity index (χ1v) is 16.8. The molecule has 0 amide bonds. The predicted octanol–water partition coefficient (Wildman–Crippen LogP) is 5.24. The molecule has 0 spiro atoms. The molecule has 8 nitrogen and oxygen atoms in total. The van der Waals surface area contributed by atoms with Crippen molar-refractivity contribution in [3.8, 4) is 0 Å². The molecule has 230 valence electrons. The monoisotopic (exact) mass is 577 g/mol. The van der Waals surface area contributed by atoms with E-state index in [1.54, 1.807) is 0 Å². The summed E-state index contributed by atoms with van der Waals surface area (Å²) in [4.78, 5) is 38.6. The number of hydrogen-bond donors (Lipinski definition) is 0. The lowest BCUT2D eigenvalue weighted by Crippen LogP contribution is -2.44. The van der Waals surface area contributed by atoms with E-state index in [1.165, 1.54) is 57.8 Å². The van der Waals surface area contributed by atoms with Gasteiger partial charge in [-0.3, -0.25) is 19.4 Å². The molecule has 1 aliphatic carbocycles. The van der Waals surface area contributed by atoms with E-state index in [2.05, 4.69) is 45.2 Å². The lowest BCUT2D eigenvalue weighted by atomic mass is 9.94. The summed E-state index contributed by atoms with van der Waals surface area (Å²) in [5, 5.41) is 0. The minimum Gasteiger partial charge on any atom is -0.465 e. The molecule has 3 unspecified atom stereocenters. The molecule has 5 atom stereocenters. The summed E-state index contributed by atoms with van der Waals surface area (Å²) in [6.07, 6.45) is 13.0. The third kappa shape index (κ3) is 6.12. The fraction of sp³-hybridized carbons (Fsp3) is 0.735. The standard InChI is InChI=1S/C34H51N5O3/c1-4-42-32(40)23-36-19-26-21-37(22-27(26)20-36)33-34(41)39(31-15-11-10-14-30(31)35-33)25(3)18-29-17-16-24(2)38(29)28-12-8-6-5-7-9-13-28/h10-11,14-15,24-29H,4-9,12-13,16-23H2,1-3H3/t24?,25-,26?,27?,29-/m0/s1. The molecule has 1 saturated carbocycles. The van der Waals surface area contributed by atoms with Crippen LogP contribution < -0.4 is 10.5 Å². The number of likely N-dealkylation sites (tertiary alicyclic amines) is 2. The Morgan fingerprint density at radius 1 is 0.976 bits per heavy atom. The van der Waals surface area contributed by atoms with Crippen molar-refractivity contribution in [3.63, 3.8) is 0 Å². The summed E-state index contributed by atoms with van der Waals surface area (Å²) < 4.78 is 7.23. The maximum absolute atomic E-state index is 14.3. The Bertz CT molecular complexity index is 1270. The Balaban J connectivity index is 1.21. The number of ether oxygens (including phenoxy) is 1. The lowest BCUT2D eigenvalue weighted by molar-refractivity contribution is -0.144. The third-order valence-corrected chi connectivity index (χ3v) is 10.7. The van der Waals surface area contributed by atoms with E-state index in [9.17, 15) is 9.59 Å². The van der Waals surface area contributed by atoms with Crippen molar-refractivity contribution >= 4 is 22.8 Å². The molecule has 1 aromatic carbocycles. The minimum absolute atomic E-state index is 0.0492. The van der Waals surface area contributed by atoms with Gasteiger partial charge in [0.1, 0.15) is 0 Å². The predicted molar refractivity (Wildman–Crippen MR) is 168 cm³/mol. The lowest BCUT2D eigenvalue weighted by Gasteiger charge is -2.38. The molecule has 3 aliphatic heterocycles. The normalized spacial score (nSPS) is 28.6. The summed E-state index contributed by atoms with van der Waals surface area (Å²) in [7, 11) is 0. The number of nitrogens with zero attached hydrogens (tertiary/aromatic N) is 5. The van der Waals surface area contributed by atoms with Gasteiger partial charge in [0.05, 0.1) is 24.2 Å². The number of fused-ring (bicyclic) bond motifs is 2. The van der Waals surface area contributed by atoms with Gasteiger partial charge in [-0.15, -0.1) is 0 Å². The van der Waals surface area contributed by atoms with E-state index in [-0.39, 0.29) is 17.6 Å². The van der Waals surface area contributed by atoms with Crippen molar-refractivity contribution in [3.05, 3.63) is 34.6 Å². The molecule has 0 N–H and O–H groups in total. The second-order valence-electron chi connectivity index (χ2n) is 13.6. The number of hydrogen-bond acceptors (Lipinski definition) is 7. The molecule has 4 heterocycles. The molecule has 4 fully saturated rings. The van der Waals surface area contributed by atoms with Crippen molar-refractivity contribution in [1.29, 1.82) is 0 Å². The Morgan fingerprint density at radius 3 is 2.38 bits per heavy atom. The highest BCUT2D eigenvalue weighted by atomic mass is 16.5. The van der Waals surface area contributed by atoms with Gasteiger partial charge in [0.2, 0.25) is 0 Å². The molecule has 0 bridgehead atoms. The number of esters is 1. The van der Waals surface area contributed by atoms with Crippen LogP contribution in [0.5, 0.6) is 0 Å². The molecule has 6 rings (SSSR count). The first kappa shape index (κ1) is 29.6. The smallest absolute Gasteiger partial charge is 0.320 e. The molecule has 0 radical (unpaired) electrons. The van der Waals surface area contributed by atoms with E-state index in [0.717, 1.165) is 43.6 Å². The van der Waals surface area contributed by atoms with Crippen LogP contribution in [0.15, 0.2) is 29.1 Å². The van der Waals surface area contributed by atoms with Crippen molar-refractivity contribution in [1.82, 2.24) is 19.4 Å². The van der Waals surface area contributed by atoms with Gasteiger partial charge in [0.15, 0.2) is 5.82 Å². The summed E-state index contributed by atoms with van der Waals surface area (Å²) >= 11 is 0. The largest absolute Gasteiger partial charge is 0.465 e. The number of benzene rings is 1.